The molecule has 5 heteroatoms. The van der Waals surface area contributed by atoms with Crippen LogP contribution in [0.25, 0.3) is 10.8 Å². The summed E-state index contributed by atoms with van der Waals surface area (Å²) >= 11 is 0. The third-order valence-corrected chi connectivity index (χ3v) is 4.04. The van der Waals surface area contributed by atoms with Crippen molar-refractivity contribution in [2.45, 2.75) is 19.9 Å². The highest BCUT2D eigenvalue weighted by Gasteiger charge is 2.18. The van der Waals surface area contributed by atoms with Gasteiger partial charge in [0.05, 0.1) is 7.11 Å². The number of carbonyl (C=O) groups excluding carboxylic acids is 1. The minimum absolute atomic E-state index is 0.143. The Kier molecular flexibility index (Phi) is 4.57. The van der Waals surface area contributed by atoms with Gasteiger partial charge in [0, 0.05) is 17.1 Å². The smallest absolute Gasteiger partial charge is 0.272 e. The number of carbonyl (C=O) groups is 1. The Balaban J connectivity index is 2.16. The van der Waals surface area contributed by atoms with Crippen LogP contribution in [0.3, 0.4) is 0 Å². The molecule has 0 saturated carbocycles. The van der Waals surface area contributed by atoms with Crippen molar-refractivity contribution in [1.29, 1.82) is 0 Å². The molecule has 0 aliphatic rings. The molecule has 1 aromatic heterocycles. The first-order valence-electron chi connectivity index (χ1n) is 8.11. The molecule has 0 aliphatic carbocycles. The average molecular weight is 336 g/mol. The molecule has 5 nitrogen and oxygen atoms in total. The van der Waals surface area contributed by atoms with Crippen molar-refractivity contribution < 1.29 is 9.53 Å². The molecule has 0 saturated heterocycles. The van der Waals surface area contributed by atoms with Gasteiger partial charge in [0.25, 0.3) is 11.5 Å². The van der Waals surface area contributed by atoms with Crippen LogP contribution in [0.1, 0.15) is 30.4 Å². The van der Waals surface area contributed by atoms with E-state index in [1.807, 2.05) is 32.0 Å². The number of nitrogens with one attached hydrogen (secondary N) is 1. The van der Waals surface area contributed by atoms with Crippen LogP contribution < -0.4 is 15.6 Å². The number of ether oxygens (including phenoxy) is 1. The maximum atomic E-state index is 12.9. The molecule has 1 amide bonds. The van der Waals surface area contributed by atoms with Gasteiger partial charge in [-0.15, -0.1) is 0 Å². The van der Waals surface area contributed by atoms with E-state index in [0.717, 1.165) is 0 Å². The highest BCUT2D eigenvalue weighted by molar-refractivity contribution is 6.05. The Hall–Kier alpha value is -3.08. The number of hydrogen-bond acceptors (Lipinski definition) is 3. The van der Waals surface area contributed by atoms with Gasteiger partial charge in [-0.3, -0.25) is 9.59 Å². The number of methoxy groups -OCH3 is 1. The fraction of sp³-hybridized carbons (Fsp3) is 0.200. The molecule has 3 rings (SSSR count). The normalized spacial score (nSPS) is 10.9. The number of nitrogens with zero attached hydrogens (tertiary/aromatic N) is 1. The van der Waals surface area contributed by atoms with E-state index >= 15 is 0 Å². The Labute approximate surface area is 145 Å². The molecule has 1 N–H and O–H groups in total. The van der Waals surface area contributed by atoms with Crippen LogP contribution in [0, 0.1) is 0 Å². The largest absolute Gasteiger partial charge is 0.497 e. The van der Waals surface area contributed by atoms with Gasteiger partial charge >= 0.3 is 0 Å². The first kappa shape index (κ1) is 16.8. The molecule has 0 radical (unpaired) electrons. The van der Waals surface area contributed by atoms with Gasteiger partial charge < -0.3 is 14.6 Å². The number of amides is 1. The van der Waals surface area contributed by atoms with E-state index in [1.54, 1.807) is 43.5 Å². The maximum absolute atomic E-state index is 12.9. The van der Waals surface area contributed by atoms with E-state index in [1.165, 1.54) is 4.57 Å². The monoisotopic (exact) mass is 336 g/mol. The number of rotatable bonds is 4. The van der Waals surface area contributed by atoms with Crippen molar-refractivity contribution in [1.82, 2.24) is 4.57 Å². The predicted octanol–water partition coefficient (Wildman–Crippen LogP) is 3.84. The quantitative estimate of drug-likeness (QED) is 0.787. The lowest BCUT2D eigenvalue weighted by Crippen LogP contribution is -2.30. The molecule has 128 valence electrons. The highest BCUT2D eigenvalue weighted by Crippen LogP contribution is 2.21. The lowest BCUT2D eigenvalue weighted by Gasteiger charge is -2.17. The molecule has 25 heavy (non-hydrogen) atoms. The van der Waals surface area contributed by atoms with Crippen LogP contribution in [-0.2, 0) is 0 Å². The van der Waals surface area contributed by atoms with Crippen LogP contribution in [0.5, 0.6) is 5.75 Å². The van der Waals surface area contributed by atoms with Gasteiger partial charge in [-0.25, -0.2) is 0 Å². The summed E-state index contributed by atoms with van der Waals surface area (Å²) < 4.78 is 6.75. The van der Waals surface area contributed by atoms with Crippen molar-refractivity contribution in [3.8, 4) is 5.75 Å². The Morgan fingerprint density at radius 3 is 2.44 bits per heavy atom. The summed E-state index contributed by atoms with van der Waals surface area (Å²) in [6, 6.07) is 16.0. The van der Waals surface area contributed by atoms with Gasteiger partial charge in [-0.1, -0.05) is 18.2 Å². The molecule has 2 aromatic carbocycles. The molecule has 0 spiro atoms. The van der Waals surface area contributed by atoms with Gasteiger partial charge in [0.15, 0.2) is 0 Å². The Bertz CT molecular complexity index is 975. The van der Waals surface area contributed by atoms with Gasteiger partial charge in [-0.2, -0.15) is 0 Å². The van der Waals surface area contributed by atoms with Gasteiger partial charge in [-0.05, 0) is 55.6 Å². The molecule has 0 bridgehead atoms. The minimum Gasteiger partial charge on any atom is -0.497 e. The highest BCUT2D eigenvalue weighted by atomic mass is 16.5. The van der Waals surface area contributed by atoms with E-state index in [2.05, 4.69) is 5.32 Å². The second-order valence-electron chi connectivity index (χ2n) is 6.07. The van der Waals surface area contributed by atoms with Crippen LogP contribution in [0.2, 0.25) is 0 Å². The lowest BCUT2D eigenvalue weighted by molar-refractivity contribution is 0.101. The van der Waals surface area contributed by atoms with E-state index in [-0.39, 0.29) is 17.5 Å². The zero-order valence-electron chi connectivity index (χ0n) is 14.4. The van der Waals surface area contributed by atoms with Crippen molar-refractivity contribution in [3.05, 3.63) is 70.6 Å². The summed E-state index contributed by atoms with van der Waals surface area (Å²) in [6.07, 6.45) is 0. The van der Waals surface area contributed by atoms with Gasteiger partial charge in [0.1, 0.15) is 11.4 Å². The third-order valence-electron chi connectivity index (χ3n) is 4.04. The number of anilines is 1. The summed E-state index contributed by atoms with van der Waals surface area (Å²) in [5.74, 6) is 0.324. The Morgan fingerprint density at radius 2 is 1.80 bits per heavy atom. The number of benzene rings is 2. The molecule has 0 aliphatic heterocycles. The topological polar surface area (TPSA) is 60.3 Å². The minimum atomic E-state index is -0.318. The zero-order chi connectivity index (χ0) is 18.0. The predicted molar refractivity (Wildman–Crippen MR) is 99.5 cm³/mol. The second-order valence-corrected chi connectivity index (χ2v) is 6.07. The molecular formula is C20H20N2O3. The van der Waals surface area contributed by atoms with E-state index in [4.69, 9.17) is 4.74 Å². The Morgan fingerprint density at radius 1 is 1.08 bits per heavy atom. The van der Waals surface area contributed by atoms with Crippen molar-refractivity contribution in [2.75, 3.05) is 12.4 Å². The molecule has 0 unspecified atom stereocenters. The van der Waals surface area contributed by atoms with Crippen LogP contribution in [0.15, 0.2) is 59.4 Å². The third kappa shape index (κ3) is 3.26. The number of para-hydroxylation sites is 1. The fourth-order valence-corrected chi connectivity index (χ4v) is 2.84. The summed E-state index contributed by atoms with van der Waals surface area (Å²) in [6.45, 7) is 3.77. The van der Waals surface area contributed by atoms with E-state index in [0.29, 0.717) is 27.9 Å². The van der Waals surface area contributed by atoms with Crippen molar-refractivity contribution in [3.63, 3.8) is 0 Å². The lowest BCUT2D eigenvalue weighted by atomic mass is 10.1. The molecule has 3 aromatic rings. The average Bonchev–Trinajstić information content (AvgIpc) is 2.61. The van der Waals surface area contributed by atoms with E-state index < -0.39 is 0 Å². The standard InChI is InChI=1S/C20H20N2O3/c1-13(2)22-18(19(23)21-15-7-5-4-6-8-15)12-14-11-16(25-3)9-10-17(14)20(22)24/h4-13H,1-3H3,(H,21,23). The summed E-state index contributed by atoms with van der Waals surface area (Å²) in [5.41, 5.74) is 0.818. The van der Waals surface area contributed by atoms with E-state index in [9.17, 15) is 9.59 Å². The first-order chi connectivity index (χ1) is 12.0. The van der Waals surface area contributed by atoms with Crippen molar-refractivity contribution >= 4 is 22.4 Å². The van der Waals surface area contributed by atoms with Gasteiger partial charge in [0.2, 0.25) is 0 Å². The number of aromatic nitrogens is 1. The van der Waals surface area contributed by atoms with Crippen molar-refractivity contribution in [2.24, 2.45) is 0 Å². The first-order valence-corrected chi connectivity index (χ1v) is 8.11. The van der Waals surface area contributed by atoms with Crippen LogP contribution in [0.4, 0.5) is 5.69 Å². The SMILES string of the molecule is COc1ccc2c(=O)n(C(C)C)c(C(=O)Nc3ccccc3)cc2c1. The molecule has 0 atom stereocenters. The summed E-state index contributed by atoms with van der Waals surface area (Å²) in [7, 11) is 1.57. The molecule has 1 heterocycles. The van der Waals surface area contributed by atoms with Crippen LogP contribution in [-0.4, -0.2) is 17.6 Å². The molecular weight excluding hydrogens is 316 g/mol. The number of hydrogen-bond donors (Lipinski definition) is 1. The maximum Gasteiger partial charge on any atom is 0.272 e. The second kappa shape index (κ2) is 6.81. The number of fused-ring (bicyclic) bond motifs is 1. The number of pyridine rings is 1. The zero-order valence-corrected chi connectivity index (χ0v) is 14.4. The van der Waals surface area contributed by atoms with Crippen LogP contribution >= 0.6 is 0 Å². The fourth-order valence-electron chi connectivity index (χ4n) is 2.84. The summed E-state index contributed by atoms with van der Waals surface area (Å²) in [4.78, 5) is 25.7. The summed E-state index contributed by atoms with van der Waals surface area (Å²) in [5, 5.41) is 4.09. The molecule has 0 fully saturated rings.